The highest BCUT2D eigenvalue weighted by atomic mass is 32.1. The van der Waals surface area contributed by atoms with Crippen LogP contribution in [0.3, 0.4) is 0 Å². The van der Waals surface area contributed by atoms with Gasteiger partial charge >= 0.3 is 0 Å². The molecule has 0 bridgehead atoms. The van der Waals surface area contributed by atoms with Crippen LogP contribution in [0.1, 0.15) is 10.7 Å². The summed E-state index contributed by atoms with van der Waals surface area (Å²) in [6, 6.07) is 6.98. The Morgan fingerprint density at radius 2 is 2.04 bits per heavy atom. The van der Waals surface area contributed by atoms with Crippen molar-refractivity contribution in [1.82, 2.24) is 9.88 Å². The summed E-state index contributed by atoms with van der Waals surface area (Å²) in [5.74, 6) is 0.183. The monoisotopic (exact) mass is 345 g/mol. The van der Waals surface area contributed by atoms with Crippen LogP contribution >= 0.6 is 11.3 Å². The third-order valence-electron chi connectivity index (χ3n) is 3.16. The van der Waals surface area contributed by atoms with Crippen LogP contribution < -0.4 is 10.1 Å². The van der Waals surface area contributed by atoms with E-state index in [4.69, 9.17) is 4.74 Å². The lowest BCUT2D eigenvalue weighted by atomic mass is 10.3. The van der Waals surface area contributed by atoms with Crippen LogP contribution in [0.5, 0.6) is 5.75 Å². The zero-order valence-corrected chi connectivity index (χ0v) is 14.6. The van der Waals surface area contributed by atoms with Crippen LogP contribution in [0.15, 0.2) is 35.7 Å². The van der Waals surface area contributed by atoms with Crippen LogP contribution in [0, 0.1) is 6.92 Å². The Balaban J connectivity index is 1.85. The Hall–Kier alpha value is -2.67. The Labute approximate surface area is 144 Å². The van der Waals surface area contributed by atoms with Crippen molar-refractivity contribution in [2.75, 3.05) is 26.0 Å². The number of ether oxygens (including phenoxy) is 1. The smallest absolute Gasteiger partial charge is 0.246 e. The molecule has 24 heavy (non-hydrogen) atoms. The molecule has 6 nitrogen and oxygen atoms in total. The number of nitrogens with zero attached hydrogens (tertiary/aromatic N) is 2. The van der Waals surface area contributed by atoms with Crippen molar-refractivity contribution in [3.63, 3.8) is 0 Å². The quantitative estimate of drug-likeness (QED) is 0.817. The largest absolute Gasteiger partial charge is 0.497 e. The average molecular weight is 345 g/mol. The molecule has 0 aliphatic rings. The number of aryl methyl sites for hydroxylation is 1. The SMILES string of the molecule is COc1ccc(NC(=O)CN(C)C(=O)/C=C/c2csc(C)n2)cc1. The fourth-order valence-corrected chi connectivity index (χ4v) is 2.49. The van der Waals surface area contributed by atoms with E-state index in [1.54, 1.807) is 44.5 Å². The van der Waals surface area contributed by atoms with E-state index >= 15 is 0 Å². The molecule has 0 aliphatic heterocycles. The van der Waals surface area contributed by atoms with Gasteiger partial charge in [-0.25, -0.2) is 4.98 Å². The summed E-state index contributed by atoms with van der Waals surface area (Å²) < 4.78 is 5.06. The molecular formula is C17H19N3O3S. The number of thiazole rings is 1. The Morgan fingerprint density at radius 3 is 2.62 bits per heavy atom. The number of anilines is 1. The summed E-state index contributed by atoms with van der Waals surface area (Å²) in [4.78, 5) is 29.6. The molecule has 2 amide bonds. The standard InChI is InChI=1S/C17H19N3O3S/c1-12-18-14(11-24-12)6-9-17(22)20(2)10-16(21)19-13-4-7-15(23-3)8-5-13/h4-9,11H,10H2,1-3H3,(H,19,21)/b9-6+. The number of amides is 2. The summed E-state index contributed by atoms with van der Waals surface area (Å²) in [6.07, 6.45) is 3.05. The maximum Gasteiger partial charge on any atom is 0.246 e. The lowest BCUT2D eigenvalue weighted by Gasteiger charge is -2.14. The summed E-state index contributed by atoms with van der Waals surface area (Å²) >= 11 is 1.52. The topological polar surface area (TPSA) is 71.5 Å². The molecule has 0 saturated heterocycles. The maximum atomic E-state index is 12.0. The summed E-state index contributed by atoms with van der Waals surface area (Å²) in [6.45, 7) is 1.87. The zero-order chi connectivity index (χ0) is 17.5. The van der Waals surface area contributed by atoms with Gasteiger partial charge in [0.1, 0.15) is 5.75 Å². The van der Waals surface area contributed by atoms with E-state index in [1.165, 1.54) is 22.3 Å². The molecule has 126 valence electrons. The molecule has 2 aromatic rings. The first kappa shape index (κ1) is 17.7. The second-order valence-electron chi connectivity index (χ2n) is 5.10. The van der Waals surface area contributed by atoms with Gasteiger partial charge in [-0.3, -0.25) is 9.59 Å². The number of aromatic nitrogens is 1. The number of hydrogen-bond donors (Lipinski definition) is 1. The van der Waals surface area contributed by atoms with Gasteiger partial charge in [0.05, 0.1) is 24.4 Å². The van der Waals surface area contributed by atoms with Gasteiger partial charge in [-0.05, 0) is 37.3 Å². The zero-order valence-electron chi connectivity index (χ0n) is 13.8. The molecular weight excluding hydrogens is 326 g/mol. The second kappa shape index (κ2) is 8.26. The Kier molecular flexibility index (Phi) is 6.08. The number of hydrogen-bond acceptors (Lipinski definition) is 5. The number of methoxy groups -OCH3 is 1. The van der Waals surface area contributed by atoms with Gasteiger partial charge in [-0.2, -0.15) is 0 Å². The van der Waals surface area contributed by atoms with E-state index in [0.717, 1.165) is 10.7 Å². The highest BCUT2D eigenvalue weighted by molar-refractivity contribution is 7.09. The van der Waals surface area contributed by atoms with Crippen molar-refractivity contribution >= 4 is 34.9 Å². The first-order valence-electron chi connectivity index (χ1n) is 7.27. The molecule has 1 heterocycles. The van der Waals surface area contributed by atoms with E-state index in [1.807, 2.05) is 12.3 Å². The van der Waals surface area contributed by atoms with Gasteiger partial charge in [-0.1, -0.05) is 0 Å². The minimum Gasteiger partial charge on any atom is -0.497 e. The molecule has 0 aliphatic carbocycles. The molecule has 0 unspecified atom stereocenters. The molecule has 0 atom stereocenters. The predicted molar refractivity (Wildman–Crippen MR) is 95.1 cm³/mol. The highest BCUT2D eigenvalue weighted by Gasteiger charge is 2.11. The van der Waals surface area contributed by atoms with Gasteiger partial charge in [0.2, 0.25) is 11.8 Å². The van der Waals surface area contributed by atoms with Gasteiger partial charge in [0.15, 0.2) is 0 Å². The van der Waals surface area contributed by atoms with Crippen molar-refractivity contribution in [1.29, 1.82) is 0 Å². The highest BCUT2D eigenvalue weighted by Crippen LogP contribution is 2.15. The number of carbonyl (C=O) groups excluding carboxylic acids is 2. The van der Waals surface area contributed by atoms with Crippen LogP contribution in [0.25, 0.3) is 6.08 Å². The lowest BCUT2D eigenvalue weighted by Crippen LogP contribution is -2.33. The molecule has 0 saturated carbocycles. The van der Waals surface area contributed by atoms with E-state index in [2.05, 4.69) is 10.3 Å². The minimum atomic E-state index is -0.270. The fraction of sp³-hybridized carbons (Fsp3) is 0.235. The van der Waals surface area contributed by atoms with E-state index in [0.29, 0.717) is 11.4 Å². The van der Waals surface area contributed by atoms with E-state index in [-0.39, 0.29) is 18.4 Å². The molecule has 1 aromatic carbocycles. The number of likely N-dealkylation sites (N-methyl/N-ethyl adjacent to an activating group) is 1. The van der Waals surface area contributed by atoms with Gasteiger partial charge in [0.25, 0.3) is 0 Å². The first-order valence-corrected chi connectivity index (χ1v) is 8.15. The Bertz CT molecular complexity index is 738. The molecule has 0 spiro atoms. The van der Waals surface area contributed by atoms with Crippen molar-refractivity contribution in [3.8, 4) is 5.75 Å². The fourth-order valence-electron chi connectivity index (χ4n) is 1.91. The van der Waals surface area contributed by atoms with Crippen molar-refractivity contribution in [2.45, 2.75) is 6.92 Å². The minimum absolute atomic E-state index is 0.0364. The van der Waals surface area contributed by atoms with Gasteiger partial charge in [-0.15, -0.1) is 11.3 Å². The van der Waals surface area contributed by atoms with Gasteiger partial charge < -0.3 is 15.0 Å². The number of benzene rings is 1. The van der Waals surface area contributed by atoms with Crippen LogP contribution in [-0.4, -0.2) is 42.4 Å². The summed E-state index contributed by atoms with van der Waals surface area (Å²) in [5.41, 5.74) is 1.39. The van der Waals surface area contributed by atoms with Crippen LogP contribution in [0.4, 0.5) is 5.69 Å². The normalized spacial score (nSPS) is 10.6. The molecule has 1 aromatic heterocycles. The third-order valence-corrected chi connectivity index (χ3v) is 3.96. The average Bonchev–Trinajstić information content (AvgIpc) is 2.98. The van der Waals surface area contributed by atoms with Crippen molar-refractivity contribution in [2.24, 2.45) is 0 Å². The van der Waals surface area contributed by atoms with Gasteiger partial charge in [0, 0.05) is 24.2 Å². The molecule has 0 radical (unpaired) electrons. The third kappa shape index (κ3) is 5.20. The van der Waals surface area contributed by atoms with Crippen LogP contribution in [-0.2, 0) is 9.59 Å². The maximum absolute atomic E-state index is 12.0. The second-order valence-corrected chi connectivity index (χ2v) is 6.16. The van der Waals surface area contributed by atoms with Crippen LogP contribution in [0.2, 0.25) is 0 Å². The molecule has 2 rings (SSSR count). The van der Waals surface area contributed by atoms with Crippen molar-refractivity contribution in [3.05, 3.63) is 46.4 Å². The molecule has 0 fully saturated rings. The van der Waals surface area contributed by atoms with E-state index in [9.17, 15) is 9.59 Å². The number of carbonyl (C=O) groups is 2. The van der Waals surface area contributed by atoms with E-state index < -0.39 is 0 Å². The first-order chi connectivity index (χ1) is 11.5. The van der Waals surface area contributed by atoms with Crippen molar-refractivity contribution < 1.29 is 14.3 Å². The molecule has 7 heteroatoms. The Morgan fingerprint density at radius 1 is 1.33 bits per heavy atom. The summed E-state index contributed by atoms with van der Waals surface area (Å²) in [5, 5.41) is 5.54. The predicted octanol–water partition coefficient (Wildman–Crippen LogP) is 2.57. The molecule has 1 N–H and O–H groups in total. The number of nitrogens with one attached hydrogen (secondary N) is 1. The summed E-state index contributed by atoms with van der Waals surface area (Å²) in [7, 11) is 3.15. The number of rotatable bonds is 6. The lowest BCUT2D eigenvalue weighted by molar-refractivity contribution is -0.129.